The van der Waals surface area contributed by atoms with E-state index >= 15 is 0 Å². The Morgan fingerprint density at radius 3 is 2.20 bits per heavy atom. The van der Waals surface area contributed by atoms with E-state index in [1.165, 1.54) is 7.05 Å². The number of urea groups is 1. The molecule has 2 aromatic carbocycles. The molecule has 1 aliphatic heterocycles. The van der Waals surface area contributed by atoms with E-state index in [4.69, 9.17) is 37.4 Å². The zero-order chi connectivity index (χ0) is 32.8. The summed E-state index contributed by atoms with van der Waals surface area (Å²) in [4.78, 5) is 37.6. The summed E-state index contributed by atoms with van der Waals surface area (Å²) in [5.74, 6) is -1.68. The van der Waals surface area contributed by atoms with Gasteiger partial charge in [-0.15, -0.1) is 0 Å². The molecular weight excluding hydrogens is 629 g/mol. The number of amides is 4. The molecule has 13 nitrogen and oxygen atoms in total. The molecule has 2 aromatic rings. The summed E-state index contributed by atoms with van der Waals surface area (Å²) in [6, 6.07) is 11.1. The monoisotopic (exact) mass is 669 g/mol. The molecule has 0 aliphatic carbocycles. The van der Waals surface area contributed by atoms with E-state index in [0.29, 0.717) is 48.7 Å². The molecular formula is C30H41Cl2N5O8. The predicted octanol–water partition coefficient (Wildman–Crippen LogP) is 1.33. The number of carbonyl (C=O) groups excluding carboxylic acids is 3. The van der Waals surface area contributed by atoms with Crippen LogP contribution in [0.5, 0.6) is 0 Å². The summed E-state index contributed by atoms with van der Waals surface area (Å²) in [7, 11) is 3.33. The molecule has 15 heteroatoms. The Bertz CT molecular complexity index is 1290. The Morgan fingerprint density at radius 1 is 0.911 bits per heavy atom. The number of ether oxygens (including phenoxy) is 3. The minimum atomic E-state index is -1.87. The van der Waals surface area contributed by atoms with Crippen molar-refractivity contribution in [3.63, 3.8) is 0 Å². The van der Waals surface area contributed by atoms with Crippen LogP contribution in [0.3, 0.4) is 0 Å². The summed E-state index contributed by atoms with van der Waals surface area (Å²) < 4.78 is 16.2. The molecule has 0 spiro atoms. The van der Waals surface area contributed by atoms with Crippen LogP contribution < -0.4 is 21.3 Å². The number of aliphatic hydroxyl groups excluding tert-OH is 2. The van der Waals surface area contributed by atoms with Gasteiger partial charge in [-0.25, -0.2) is 4.79 Å². The summed E-state index contributed by atoms with van der Waals surface area (Å²) in [6.45, 7) is 3.64. The standard InChI is InChI=1S/C30H41Cl2N5O8/c1-33-28(40)26(38)27(39)29(41)34-6-8-43-10-12-45-13-11-44-9-7-35-30(42)36-21-5-3-4-19(14-21)23-17-37(2)18-24-22(23)15-20(31)16-25(24)32/h3-5,14-16,23,26-27,38-39H,6-13,17-18H2,1-2H3,(H,33,40)(H,34,41)(H2,35,36,42). The van der Waals surface area contributed by atoms with Gasteiger partial charge in [-0.1, -0.05) is 35.3 Å². The van der Waals surface area contributed by atoms with Crippen LogP contribution in [0.2, 0.25) is 10.0 Å². The van der Waals surface area contributed by atoms with Gasteiger partial charge in [-0.05, 0) is 48.0 Å². The van der Waals surface area contributed by atoms with Crippen molar-refractivity contribution in [1.29, 1.82) is 0 Å². The van der Waals surface area contributed by atoms with Crippen molar-refractivity contribution in [2.75, 3.05) is 78.7 Å². The predicted molar refractivity (Wildman–Crippen MR) is 170 cm³/mol. The first kappa shape index (κ1) is 36.5. The minimum Gasteiger partial charge on any atom is -0.380 e. The fraction of sp³-hybridized carbons (Fsp3) is 0.500. The van der Waals surface area contributed by atoms with Crippen molar-refractivity contribution in [1.82, 2.24) is 20.9 Å². The Kier molecular flexibility index (Phi) is 15.3. The van der Waals surface area contributed by atoms with Gasteiger partial charge in [0.25, 0.3) is 11.8 Å². The van der Waals surface area contributed by atoms with Gasteiger partial charge in [0.1, 0.15) is 0 Å². The smallest absolute Gasteiger partial charge is 0.319 e. The van der Waals surface area contributed by atoms with Gasteiger partial charge >= 0.3 is 6.03 Å². The minimum absolute atomic E-state index is 0.0627. The average Bonchev–Trinajstić information content (AvgIpc) is 3.02. The van der Waals surface area contributed by atoms with Crippen molar-refractivity contribution in [3.05, 3.63) is 63.1 Å². The Balaban J connectivity index is 1.24. The van der Waals surface area contributed by atoms with Crippen molar-refractivity contribution in [2.24, 2.45) is 0 Å². The average molecular weight is 671 g/mol. The van der Waals surface area contributed by atoms with Crippen LogP contribution in [0.1, 0.15) is 22.6 Å². The van der Waals surface area contributed by atoms with Crippen LogP contribution in [0.25, 0.3) is 0 Å². The lowest BCUT2D eigenvalue weighted by atomic mass is 9.84. The maximum absolute atomic E-state index is 12.4. The molecule has 1 heterocycles. The number of nitrogens with zero attached hydrogens (tertiary/aromatic N) is 1. The van der Waals surface area contributed by atoms with Gasteiger partial charge in [0, 0.05) is 54.9 Å². The number of rotatable bonds is 17. The summed E-state index contributed by atoms with van der Waals surface area (Å²) in [6.07, 6.45) is -3.72. The van der Waals surface area contributed by atoms with Crippen molar-refractivity contribution >= 4 is 46.7 Å². The van der Waals surface area contributed by atoms with E-state index in [2.05, 4.69) is 26.2 Å². The van der Waals surface area contributed by atoms with Crippen molar-refractivity contribution < 1.29 is 38.8 Å². The van der Waals surface area contributed by atoms with E-state index in [9.17, 15) is 24.6 Å². The number of benzene rings is 2. The first-order valence-corrected chi connectivity index (χ1v) is 15.3. The molecule has 3 unspecified atom stereocenters. The molecule has 0 saturated heterocycles. The summed E-state index contributed by atoms with van der Waals surface area (Å²) in [5.41, 5.74) is 3.88. The highest BCUT2D eigenvalue weighted by Crippen LogP contribution is 2.38. The normalized spacial score (nSPS) is 15.9. The SMILES string of the molecule is CNC(=O)C(O)C(O)C(=O)NCCOCCOCCOCCNC(=O)Nc1cccc(C2CN(C)Cc3c(Cl)cc(Cl)cc32)c1. The highest BCUT2D eigenvalue weighted by molar-refractivity contribution is 6.35. The van der Waals surface area contributed by atoms with Crippen molar-refractivity contribution in [2.45, 2.75) is 24.7 Å². The van der Waals surface area contributed by atoms with E-state index in [0.717, 1.165) is 29.8 Å². The second-order valence-electron chi connectivity index (χ2n) is 10.3. The number of anilines is 1. The summed E-state index contributed by atoms with van der Waals surface area (Å²) >= 11 is 12.8. The molecule has 0 saturated carbocycles. The van der Waals surface area contributed by atoms with Gasteiger partial charge in [0.2, 0.25) is 0 Å². The quantitative estimate of drug-likeness (QED) is 0.136. The van der Waals surface area contributed by atoms with Gasteiger partial charge < -0.3 is 50.6 Å². The molecule has 0 aromatic heterocycles. The van der Waals surface area contributed by atoms with E-state index in [-0.39, 0.29) is 31.7 Å². The zero-order valence-electron chi connectivity index (χ0n) is 25.3. The molecule has 4 amide bonds. The van der Waals surface area contributed by atoms with Gasteiger partial charge in [-0.2, -0.15) is 0 Å². The maximum atomic E-state index is 12.4. The Morgan fingerprint density at radius 2 is 1.53 bits per heavy atom. The fourth-order valence-electron chi connectivity index (χ4n) is 4.70. The molecule has 0 radical (unpaired) electrons. The molecule has 6 N–H and O–H groups in total. The van der Waals surface area contributed by atoms with Gasteiger partial charge in [0.15, 0.2) is 12.2 Å². The lowest BCUT2D eigenvalue weighted by molar-refractivity contribution is -0.145. The zero-order valence-corrected chi connectivity index (χ0v) is 26.8. The third-order valence-electron chi connectivity index (χ3n) is 6.94. The van der Waals surface area contributed by atoms with E-state index in [1.54, 1.807) is 6.07 Å². The summed E-state index contributed by atoms with van der Waals surface area (Å²) in [5, 5.41) is 30.5. The third-order valence-corrected chi connectivity index (χ3v) is 7.50. The van der Waals surface area contributed by atoms with Gasteiger partial charge in [0.05, 0.1) is 39.6 Å². The number of likely N-dealkylation sites (N-methyl/N-ethyl adjacent to an activating group) is 2. The number of hydrogen-bond donors (Lipinski definition) is 6. The van der Waals surface area contributed by atoms with Crippen molar-refractivity contribution in [3.8, 4) is 0 Å². The Labute approximate surface area is 272 Å². The highest BCUT2D eigenvalue weighted by Gasteiger charge is 2.29. The first-order valence-electron chi connectivity index (χ1n) is 14.5. The van der Waals surface area contributed by atoms with Crippen LogP contribution in [0, 0.1) is 0 Å². The molecule has 0 bridgehead atoms. The number of nitrogens with one attached hydrogen (secondary N) is 4. The number of fused-ring (bicyclic) bond motifs is 1. The number of hydrogen-bond acceptors (Lipinski definition) is 9. The molecule has 0 fully saturated rings. The van der Waals surface area contributed by atoms with Crippen LogP contribution in [0.4, 0.5) is 10.5 Å². The van der Waals surface area contributed by atoms with E-state index in [1.807, 2.05) is 37.4 Å². The Hall–Kier alpha value is -3.01. The highest BCUT2D eigenvalue weighted by atomic mass is 35.5. The number of aliphatic hydroxyl groups is 2. The van der Waals surface area contributed by atoms with E-state index < -0.39 is 24.0 Å². The number of carbonyl (C=O) groups is 3. The molecule has 248 valence electrons. The lowest BCUT2D eigenvalue weighted by Gasteiger charge is -2.33. The molecule has 1 aliphatic rings. The second-order valence-corrected chi connectivity index (χ2v) is 11.2. The molecule has 3 atom stereocenters. The van der Waals surface area contributed by atoms with Crippen LogP contribution in [-0.4, -0.2) is 119 Å². The molecule has 3 rings (SSSR count). The largest absolute Gasteiger partial charge is 0.380 e. The fourth-order valence-corrected chi connectivity index (χ4v) is 5.27. The first-order chi connectivity index (χ1) is 21.6. The third kappa shape index (κ3) is 11.7. The van der Waals surface area contributed by atoms with Crippen LogP contribution in [0.15, 0.2) is 36.4 Å². The second kappa shape index (κ2) is 18.8. The van der Waals surface area contributed by atoms with Crippen LogP contribution >= 0.6 is 23.2 Å². The van der Waals surface area contributed by atoms with Gasteiger partial charge in [-0.3, -0.25) is 9.59 Å². The molecule has 45 heavy (non-hydrogen) atoms. The lowest BCUT2D eigenvalue weighted by Crippen LogP contribution is -2.49. The topological polar surface area (TPSA) is 171 Å². The number of halogens is 2. The maximum Gasteiger partial charge on any atom is 0.319 e. The van der Waals surface area contributed by atoms with Crippen LogP contribution in [-0.2, 0) is 30.3 Å².